The largest absolute Gasteiger partial charge is 0.279 e. The highest BCUT2D eigenvalue weighted by Crippen LogP contribution is 2.14. The quantitative estimate of drug-likeness (QED) is 0.671. The first kappa shape index (κ1) is 11.0. The molecule has 0 bridgehead atoms. The summed E-state index contributed by atoms with van der Waals surface area (Å²) in [5.41, 5.74) is 0.522. The summed E-state index contributed by atoms with van der Waals surface area (Å²) >= 11 is 5.92. The van der Waals surface area contributed by atoms with E-state index >= 15 is 0 Å². The molecule has 2 aromatic carbocycles. The molecule has 3 nitrogen and oxygen atoms in total. The minimum absolute atomic E-state index is 0.143. The molecule has 0 radical (unpaired) electrons. The number of nitrogens with zero attached hydrogens (tertiary/aromatic N) is 2. The fraction of sp³-hybridized carbons (Fsp3) is 0. The number of halogens is 1. The van der Waals surface area contributed by atoms with E-state index in [1.807, 2.05) is 18.2 Å². The molecule has 0 aliphatic rings. The molecule has 0 aliphatic heterocycles. The van der Waals surface area contributed by atoms with Crippen LogP contribution in [-0.4, -0.2) is 9.78 Å². The summed E-state index contributed by atoms with van der Waals surface area (Å²) in [6.45, 7) is 0. The van der Waals surface area contributed by atoms with Crippen LogP contribution in [-0.2, 0) is 0 Å². The predicted molar refractivity (Wildman–Crippen MR) is 72.4 cm³/mol. The van der Waals surface area contributed by atoms with Crippen molar-refractivity contribution in [3.63, 3.8) is 0 Å². The van der Waals surface area contributed by atoms with Crippen LogP contribution in [0.15, 0.2) is 59.5 Å². The van der Waals surface area contributed by atoms with Gasteiger partial charge in [-0.1, -0.05) is 35.9 Å². The van der Waals surface area contributed by atoms with Gasteiger partial charge in [-0.05, 0) is 24.3 Å². The number of benzene rings is 2. The SMILES string of the molecule is O=c1c2ccccc2cnn1-c1cccc(Cl)c1. The molecular formula is C14H9ClN2O. The summed E-state index contributed by atoms with van der Waals surface area (Å²) in [5.74, 6) is 0. The van der Waals surface area contributed by atoms with Gasteiger partial charge in [0.15, 0.2) is 0 Å². The van der Waals surface area contributed by atoms with Crippen LogP contribution in [0.5, 0.6) is 0 Å². The van der Waals surface area contributed by atoms with E-state index in [1.54, 1.807) is 36.5 Å². The average molecular weight is 257 g/mol. The smallest absolute Gasteiger partial charge is 0.267 e. The maximum atomic E-state index is 12.3. The van der Waals surface area contributed by atoms with Gasteiger partial charge in [0, 0.05) is 10.4 Å². The van der Waals surface area contributed by atoms with E-state index in [0.29, 0.717) is 16.1 Å². The van der Waals surface area contributed by atoms with Crippen LogP contribution >= 0.6 is 11.6 Å². The Balaban J connectivity index is 2.31. The minimum atomic E-state index is -0.143. The molecule has 1 aromatic heterocycles. The van der Waals surface area contributed by atoms with Crippen molar-refractivity contribution in [2.45, 2.75) is 0 Å². The van der Waals surface area contributed by atoms with Crippen molar-refractivity contribution in [2.75, 3.05) is 0 Å². The zero-order valence-corrected chi connectivity index (χ0v) is 10.1. The Labute approximate surface area is 108 Å². The van der Waals surface area contributed by atoms with Crippen LogP contribution in [0.4, 0.5) is 0 Å². The van der Waals surface area contributed by atoms with E-state index < -0.39 is 0 Å². The number of hydrogen-bond acceptors (Lipinski definition) is 2. The third kappa shape index (κ3) is 1.79. The lowest BCUT2D eigenvalue weighted by Gasteiger charge is -2.05. The summed E-state index contributed by atoms with van der Waals surface area (Å²) in [4.78, 5) is 12.3. The predicted octanol–water partition coefficient (Wildman–Crippen LogP) is 3.04. The van der Waals surface area contributed by atoms with Gasteiger partial charge in [0.2, 0.25) is 0 Å². The molecule has 3 aromatic rings. The molecule has 0 unspecified atom stereocenters. The Kier molecular flexibility index (Phi) is 2.61. The first-order chi connectivity index (χ1) is 8.75. The summed E-state index contributed by atoms with van der Waals surface area (Å²) in [6.07, 6.45) is 1.68. The zero-order chi connectivity index (χ0) is 12.5. The standard InChI is InChI=1S/C14H9ClN2O/c15-11-5-3-6-12(8-11)17-14(18)13-7-2-1-4-10(13)9-16-17/h1-9H. The van der Waals surface area contributed by atoms with E-state index in [0.717, 1.165) is 5.39 Å². The number of rotatable bonds is 1. The molecule has 0 fully saturated rings. The molecule has 0 spiro atoms. The number of aromatic nitrogens is 2. The Morgan fingerprint density at radius 1 is 1.06 bits per heavy atom. The minimum Gasteiger partial charge on any atom is -0.267 e. The van der Waals surface area contributed by atoms with Gasteiger partial charge in [0.25, 0.3) is 5.56 Å². The first-order valence-corrected chi connectivity index (χ1v) is 5.86. The molecule has 1 heterocycles. The van der Waals surface area contributed by atoms with Crippen molar-refractivity contribution in [2.24, 2.45) is 0 Å². The first-order valence-electron chi connectivity index (χ1n) is 5.49. The third-order valence-electron chi connectivity index (χ3n) is 2.75. The summed E-state index contributed by atoms with van der Waals surface area (Å²) in [7, 11) is 0. The van der Waals surface area contributed by atoms with Crippen molar-refractivity contribution in [1.82, 2.24) is 9.78 Å². The van der Waals surface area contributed by atoms with Crippen molar-refractivity contribution in [3.8, 4) is 5.69 Å². The van der Waals surface area contributed by atoms with Crippen LogP contribution in [0.3, 0.4) is 0 Å². The van der Waals surface area contributed by atoms with Gasteiger partial charge >= 0.3 is 0 Å². The number of hydrogen-bond donors (Lipinski definition) is 0. The van der Waals surface area contributed by atoms with Gasteiger partial charge in [-0.3, -0.25) is 4.79 Å². The van der Waals surface area contributed by atoms with Crippen LogP contribution in [0.2, 0.25) is 5.02 Å². The van der Waals surface area contributed by atoms with Crippen LogP contribution in [0, 0.1) is 0 Å². The Bertz CT molecular complexity index is 780. The van der Waals surface area contributed by atoms with Gasteiger partial charge in [-0.15, -0.1) is 0 Å². The normalized spacial score (nSPS) is 10.7. The van der Waals surface area contributed by atoms with Gasteiger partial charge in [-0.25, -0.2) is 0 Å². The molecule has 0 aliphatic carbocycles. The molecule has 4 heteroatoms. The summed E-state index contributed by atoms with van der Waals surface area (Å²) in [5, 5.41) is 6.22. The van der Waals surface area contributed by atoms with E-state index in [-0.39, 0.29) is 5.56 Å². The van der Waals surface area contributed by atoms with Crippen LogP contribution in [0.25, 0.3) is 16.5 Å². The van der Waals surface area contributed by atoms with E-state index in [4.69, 9.17) is 11.6 Å². The van der Waals surface area contributed by atoms with Gasteiger partial charge in [0.1, 0.15) is 0 Å². The molecule has 0 N–H and O–H groups in total. The Morgan fingerprint density at radius 3 is 2.72 bits per heavy atom. The van der Waals surface area contributed by atoms with E-state index in [9.17, 15) is 4.79 Å². The Hall–Kier alpha value is -2.13. The van der Waals surface area contributed by atoms with E-state index in [2.05, 4.69) is 5.10 Å². The fourth-order valence-electron chi connectivity index (χ4n) is 1.88. The van der Waals surface area contributed by atoms with Crippen LogP contribution < -0.4 is 5.56 Å². The molecule has 0 saturated carbocycles. The highest BCUT2D eigenvalue weighted by molar-refractivity contribution is 6.30. The van der Waals surface area contributed by atoms with Crippen LogP contribution in [0.1, 0.15) is 0 Å². The monoisotopic (exact) mass is 256 g/mol. The average Bonchev–Trinajstić information content (AvgIpc) is 2.39. The maximum Gasteiger partial charge on any atom is 0.279 e. The second-order valence-corrected chi connectivity index (χ2v) is 4.37. The third-order valence-corrected chi connectivity index (χ3v) is 2.98. The fourth-order valence-corrected chi connectivity index (χ4v) is 2.07. The molecule has 0 atom stereocenters. The summed E-state index contributed by atoms with van der Waals surface area (Å²) < 4.78 is 1.36. The molecule has 18 heavy (non-hydrogen) atoms. The highest BCUT2D eigenvalue weighted by Gasteiger charge is 2.05. The van der Waals surface area contributed by atoms with Gasteiger partial charge in [0.05, 0.1) is 17.3 Å². The zero-order valence-electron chi connectivity index (χ0n) is 9.38. The lowest BCUT2D eigenvalue weighted by molar-refractivity contribution is 0.821. The van der Waals surface area contributed by atoms with Gasteiger partial charge in [-0.2, -0.15) is 9.78 Å². The van der Waals surface area contributed by atoms with Crippen molar-refractivity contribution in [3.05, 3.63) is 70.1 Å². The lowest BCUT2D eigenvalue weighted by Crippen LogP contribution is -2.20. The maximum absolute atomic E-state index is 12.3. The molecule has 0 saturated heterocycles. The van der Waals surface area contributed by atoms with Crippen molar-refractivity contribution in [1.29, 1.82) is 0 Å². The van der Waals surface area contributed by atoms with Crippen molar-refractivity contribution < 1.29 is 0 Å². The van der Waals surface area contributed by atoms with E-state index in [1.165, 1.54) is 4.68 Å². The molecule has 88 valence electrons. The van der Waals surface area contributed by atoms with Gasteiger partial charge < -0.3 is 0 Å². The Morgan fingerprint density at radius 2 is 1.89 bits per heavy atom. The topological polar surface area (TPSA) is 34.9 Å². The second kappa shape index (κ2) is 4.27. The lowest BCUT2D eigenvalue weighted by atomic mass is 10.2. The highest BCUT2D eigenvalue weighted by atomic mass is 35.5. The van der Waals surface area contributed by atoms with Crippen molar-refractivity contribution >= 4 is 22.4 Å². The molecular weight excluding hydrogens is 248 g/mol. The molecule has 3 rings (SSSR count). The summed E-state index contributed by atoms with van der Waals surface area (Å²) in [6, 6.07) is 14.4. The molecule has 0 amide bonds. The second-order valence-electron chi connectivity index (χ2n) is 3.93. The number of fused-ring (bicyclic) bond motifs is 1.